The predicted octanol–water partition coefficient (Wildman–Crippen LogP) is 2.60. The Labute approximate surface area is 144 Å². The number of aromatic nitrogens is 2. The zero-order valence-corrected chi connectivity index (χ0v) is 13.7. The third-order valence-electron chi connectivity index (χ3n) is 3.45. The minimum atomic E-state index is -0.620. The topological polar surface area (TPSA) is 132 Å². The zero-order chi connectivity index (χ0) is 18.4. The second kappa shape index (κ2) is 7.70. The molecule has 1 heterocycles. The van der Waals surface area contributed by atoms with E-state index in [4.69, 9.17) is 10.5 Å². The first-order valence-corrected chi connectivity index (χ1v) is 7.30. The molecule has 2 rings (SSSR count). The Morgan fingerprint density at radius 3 is 2.52 bits per heavy atom. The van der Waals surface area contributed by atoms with Crippen molar-refractivity contribution in [2.75, 3.05) is 23.3 Å². The number of hydrogen-bond donors (Lipinski definition) is 1. The molecule has 9 nitrogen and oxygen atoms in total. The average Bonchev–Trinajstić information content (AvgIpc) is 2.57. The van der Waals surface area contributed by atoms with Crippen molar-refractivity contribution in [3.05, 3.63) is 45.8 Å². The molecule has 25 heavy (non-hydrogen) atoms. The van der Waals surface area contributed by atoms with Gasteiger partial charge in [0.05, 0.1) is 17.1 Å². The van der Waals surface area contributed by atoms with Gasteiger partial charge < -0.3 is 10.2 Å². The van der Waals surface area contributed by atoms with Gasteiger partial charge in [0.15, 0.2) is 0 Å². The number of benzene rings is 1. The van der Waals surface area contributed by atoms with Gasteiger partial charge in [0, 0.05) is 5.69 Å². The van der Waals surface area contributed by atoms with E-state index in [0.717, 1.165) is 17.5 Å². The van der Waals surface area contributed by atoms with E-state index in [1.54, 1.807) is 0 Å². The van der Waals surface area contributed by atoms with Crippen LogP contribution in [0.5, 0.6) is 0 Å². The van der Waals surface area contributed by atoms with Gasteiger partial charge in [-0.15, -0.1) is 0 Å². The Kier molecular flexibility index (Phi) is 5.43. The van der Waals surface area contributed by atoms with Crippen molar-refractivity contribution in [1.29, 1.82) is 10.5 Å². The van der Waals surface area contributed by atoms with Crippen molar-refractivity contribution in [2.45, 2.75) is 13.8 Å². The first-order valence-electron chi connectivity index (χ1n) is 7.30. The lowest BCUT2D eigenvalue weighted by Crippen LogP contribution is -2.26. The molecule has 0 fully saturated rings. The van der Waals surface area contributed by atoms with Crippen LogP contribution >= 0.6 is 0 Å². The molecule has 0 radical (unpaired) electrons. The van der Waals surface area contributed by atoms with Crippen molar-refractivity contribution in [2.24, 2.45) is 0 Å². The molecule has 0 saturated carbocycles. The fraction of sp³-hybridized carbons (Fsp3) is 0.250. The van der Waals surface area contributed by atoms with Crippen LogP contribution in [0, 0.1) is 46.6 Å². The summed E-state index contributed by atoms with van der Waals surface area (Å²) in [6, 6.07) is 9.42. The molecule has 0 unspecified atom stereocenters. The largest absolute Gasteiger partial charge is 0.353 e. The molecule has 0 aliphatic carbocycles. The lowest BCUT2D eigenvalue weighted by Gasteiger charge is -2.18. The molecule has 0 aliphatic rings. The second-order valence-electron chi connectivity index (χ2n) is 5.27. The van der Waals surface area contributed by atoms with Gasteiger partial charge in [0.25, 0.3) is 0 Å². The normalized spacial score (nSPS) is 9.76. The van der Waals surface area contributed by atoms with Crippen LogP contribution in [-0.2, 0) is 0 Å². The van der Waals surface area contributed by atoms with Crippen LogP contribution in [-0.4, -0.2) is 28.0 Å². The molecule has 0 amide bonds. The Hall–Kier alpha value is -3.72. The SMILES string of the molecule is Cc1ccc(C)c(Nc2ncnc(N(CC#N)CC#N)c2[N+](=O)[O-])c1. The van der Waals surface area contributed by atoms with E-state index in [2.05, 4.69) is 15.3 Å². The maximum absolute atomic E-state index is 11.6. The number of hydrogen-bond acceptors (Lipinski definition) is 8. The van der Waals surface area contributed by atoms with Crippen molar-refractivity contribution in [1.82, 2.24) is 9.97 Å². The van der Waals surface area contributed by atoms with Crippen LogP contribution in [0.2, 0.25) is 0 Å². The molecule has 1 N–H and O–H groups in total. The lowest BCUT2D eigenvalue weighted by atomic mass is 10.1. The van der Waals surface area contributed by atoms with Gasteiger partial charge in [-0.3, -0.25) is 10.1 Å². The monoisotopic (exact) mass is 337 g/mol. The standard InChI is InChI=1S/C16H15N7O2/c1-11-3-4-12(2)13(9-11)21-15-14(23(24)25)16(20-10-19-15)22(7-5-17)8-6-18/h3-4,9-10H,7-8H2,1-2H3,(H,19,20,21). The number of anilines is 3. The molecule has 126 valence electrons. The summed E-state index contributed by atoms with van der Waals surface area (Å²) in [5.41, 5.74) is 2.18. The Morgan fingerprint density at radius 2 is 1.92 bits per heavy atom. The summed E-state index contributed by atoms with van der Waals surface area (Å²) >= 11 is 0. The molecule has 2 aromatic rings. The van der Waals surface area contributed by atoms with Crippen molar-refractivity contribution in [3.8, 4) is 12.1 Å². The summed E-state index contributed by atoms with van der Waals surface area (Å²) in [6.07, 6.45) is 1.16. The van der Waals surface area contributed by atoms with Crippen molar-refractivity contribution in [3.63, 3.8) is 0 Å². The summed E-state index contributed by atoms with van der Waals surface area (Å²) < 4.78 is 0. The summed E-state index contributed by atoms with van der Waals surface area (Å²) in [5.74, 6) is -0.0690. The second-order valence-corrected chi connectivity index (χ2v) is 5.27. The smallest absolute Gasteiger partial charge is 0.334 e. The number of nitrogens with one attached hydrogen (secondary N) is 1. The zero-order valence-electron chi connectivity index (χ0n) is 13.7. The maximum atomic E-state index is 11.6. The van der Waals surface area contributed by atoms with E-state index in [1.165, 1.54) is 4.90 Å². The third kappa shape index (κ3) is 3.98. The molecule has 1 aromatic heterocycles. The highest BCUT2D eigenvalue weighted by Gasteiger charge is 2.27. The number of nitriles is 2. The molecule has 1 aromatic carbocycles. The summed E-state index contributed by atoms with van der Waals surface area (Å²) in [6.45, 7) is 3.38. The van der Waals surface area contributed by atoms with Crippen molar-refractivity contribution < 1.29 is 4.92 Å². The number of nitro groups is 1. The molecule has 0 spiro atoms. The molecule has 0 bridgehead atoms. The predicted molar refractivity (Wildman–Crippen MR) is 91.3 cm³/mol. The molecule has 0 saturated heterocycles. The molecule has 9 heteroatoms. The van der Waals surface area contributed by atoms with Gasteiger partial charge in [0.2, 0.25) is 11.6 Å². The first-order chi connectivity index (χ1) is 12.0. The van der Waals surface area contributed by atoms with Crippen LogP contribution in [0.1, 0.15) is 11.1 Å². The molecule has 0 atom stereocenters. The molecule has 0 aliphatic heterocycles. The summed E-state index contributed by atoms with van der Waals surface area (Å²) in [5, 5.41) is 32.3. The van der Waals surface area contributed by atoms with E-state index in [0.29, 0.717) is 5.69 Å². The van der Waals surface area contributed by atoms with Crippen LogP contribution < -0.4 is 10.2 Å². The van der Waals surface area contributed by atoms with E-state index >= 15 is 0 Å². The number of nitrogens with zero attached hydrogens (tertiary/aromatic N) is 6. The Bertz CT molecular complexity index is 867. The minimum absolute atomic E-state index is 0.00424. The van der Waals surface area contributed by atoms with E-state index < -0.39 is 4.92 Å². The van der Waals surface area contributed by atoms with Crippen molar-refractivity contribution >= 4 is 23.0 Å². The van der Waals surface area contributed by atoms with Crippen LogP contribution in [0.4, 0.5) is 23.0 Å². The van der Waals surface area contributed by atoms with Gasteiger partial charge in [-0.05, 0) is 31.0 Å². The minimum Gasteiger partial charge on any atom is -0.334 e. The van der Waals surface area contributed by atoms with Gasteiger partial charge in [-0.2, -0.15) is 10.5 Å². The average molecular weight is 337 g/mol. The third-order valence-corrected chi connectivity index (χ3v) is 3.45. The fourth-order valence-corrected chi connectivity index (χ4v) is 2.23. The molecular weight excluding hydrogens is 322 g/mol. The number of rotatable bonds is 6. The summed E-state index contributed by atoms with van der Waals surface area (Å²) in [4.78, 5) is 20.1. The number of aryl methyl sites for hydroxylation is 2. The van der Waals surface area contributed by atoms with Gasteiger partial charge in [-0.1, -0.05) is 12.1 Å². The van der Waals surface area contributed by atoms with Crippen LogP contribution in [0.25, 0.3) is 0 Å². The van der Waals surface area contributed by atoms with Gasteiger partial charge in [-0.25, -0.2) is 9.97 Å². The quantitative estimate of drug-likeness (QED) is 0.483. The van der Waals surface area contributed by atoms with E-state index in [9.17, 15) is 10.1 Å². The Balaban J connectivity index is 2.54. The highest BCUT2D eigenvalue weighted by molar-refractivity contribution is 5.75. The molecular formula is C16H15N7O2. The van der Waals surface area contributed by atoms with E-state index in [1.807, 2.05) is 44.2 Å². The van der Waals surface area contributed by atoms with Gasteiger partial charge in [0.1, 0.15) is 19.4 Å². The Morgan fingerprint density at radius 1 is 1.24 bits per heavy atom. The van der Waals surface area contributed by atoms with Crippen LogP contribution in [0.15, 0.2) is 24.5 Å². The maximum Gasteiger partial charge on any atom is 0.353 e. The first kappa shape index (κ1) is 17.6. The highest BCUT2D eigenvalue weighted by atomic mass is 16.6. The van der Waals surface area contributed by atoms with Gasteiger partial charge >= 0.3 is 5.69 Å². The van der Waals surface area contributed by atoms with E-state index in [-0.39, 0.29) is 30.4 Å². The van der Waals surface area contributed by atoms with Crippen LogP contribution in [0.3, 0.4) is 0 Å². The fourth-order valence-electron chi connectivity index (χ4n) is 2.23. The summed E-state index contributed by atoms with van der Waals surface area (Å²) in [7, 11) is 0. The lowest BCUT2D eigenvalue weighted by molar-refractivity contribution is -0.383. The highest BCUT2D eigenvalue weighted by Crippen LogP contribution is 2.34.